The fourth-order valence-corrected chi connectivity index (χ4v) is 2.57. The molecule has 7 heteroatoms. The van der Waals surface area contributed by atoms with E-state index < -0.39 is 5.91 Å². The normalized spacial score (nSPS) is 10.6. The number of hydrogen-bond donors (Lipinski definition) is 2. The van der Waals surface area contributed by atoms with Crippen molar-refractivity contribution in [3.8, 4) is 11.4 Å². The molecule has 2 aromatic carbocycles. The molecule has 24 heavy (non-hydrogen) atoms. The van der Waals surface area contributed by atoms with Crippen LogP contribution in [0, 0.1) is 0 Å². The third kappa shape index (κ3) is 3.23. The molecule has 1 aromatic heterocycles. The molecule has 6 nitrogen and oxygen atoms in total. The van der Waals surface area contributed by atoms with E-state index in [9.17, 15) is 4.79 Å². The summed E-state index contributed by atoms with van der Waals surface area (Å²) in [5, 5.41) is 12.1. The molecule has 0 aliphatic rings. The molecule has 0 atom stereocenters. The Morgan fingerprint density at radius 1 is 1.21 bits per heavy atom. The van der Waals surface area contributed by atoms with Crippen LogP contribution < -0.4 is 11.1 Å². The Balaban J connectivity index is 1.82. The van der Waals surface area contributed by atoms with Gasteiger partial charge in [-0.2, -0.15) is 0 Å². The maximum absolute atomic E-state index is 11.5. The van der Waals surface area contributed by atoms with Crippen molar-refractivity contribution in [2.75, 3.05) is 5.32 Å². The van der Waals surface area contributed by atoms with Crippen molar-refractivity contribution < 1.29 is 4.79 Å². The summed E-state index contributed by atoms with van der Waals surface area (Å²) >= 11 is 5.91. The molecule has 0 fully saturated rings. The van der Waals surface area contributed by atoms with Gasteiger partial charge >= 0.3 is 0 Å². The molecule has 1 heterocycles. The highest BCUT2D eigenvalue weighted by Crippen LogP contribution is 2.22. The first-order valence-electron chi connectivity index (χ1n) is 7.33. The number of benzene rings is 2. The summed E-state index contributed by atoms with van der Waals surface area (Å²) in [5.41, 5.74) is 7.33. The molecular weight excluding hydrogens is 326 g/mol. The third-order valence-corrected chi connectivity index (χ3v) is 3.92. The summed E-state index contributed by atoms with van der Waals surface area (Å²) in [4.78, 5) is 11.5. The van der Waals surface area contributed by atoms with Gasteiger partial charge in [-0.05, 0) is 18.2 Å². The average Bonchev–Trinajstić information content (AvgIpc) is 2.95. The quantitative estimate of drug-likeness (QED) is 0.747. The Labute approximate surface area is 144 Å². The van der Waals surface area contributed by atoms with Crippen molar-refractivity contribution >= 4 is 23.2 Å². The van der Waals surface area contributed by atoms with Crippen LogP contribution in [-0.2, 0) is 13.6 Å². The van der Waals surface area contributed by atoms with Crippen LogP contribution in [0.2, 0.25) is 5.02 Å². The molecule has 0 aliphatic carbocycles. The van der Waals surface area contributed by atoms with E-state index in [1.807, 2.05) is 41.9 Å². The number of nitrogens with one attached hydrogen (secondary N) is 1. The molecule has 3 aromatic rings. The number of carbonyl (C=O) groups excluding carboxylic acids is 1. The third-order valence-electron chi connectivity index (χ3n) is 3.68. The van der Waals surface area contributed by atoms with E-state index >= 15 is 0 Å². The van der Waals surface area contributed by atoms with E-state index in [0.717, 1.165) is 17.2 Å². The van der Waals surface area contributed by atoms with Gasteiger partial charge in [-0.1, -0.05) is 41.9 Å². The van der Waals surface area contributed by atoms with Crippen LogP contribution in [0.5, 0.6) is 0 Å². The highest BCUT2D eigenvalue weighted by atomic mass is 35.5. The standard InChI is InChI=1S/C17H16ClN5O/c1-23-15(21-22-17(23)11-5-3-2-4-6-11)10-20-14-8-7-12(18)9-13(14)16(19)24/h2-9,20H,10H2,1H3,(H2,19,24). The Bertz CT molecular complexity index is 876. The molecule has 0 saturated heterocycles. The summed E-state index contributed by atoms with van der Waals surface area (Å²) in [5.74, 6) is 0.973. The van der Waals surface area contributed by atoms with Gasteiger partial charge in [-0.25, -0.2) is 0 Å². The summed E-state index contributed by atoms with van der Waals surface area (Å²) in [7, 11) is 1.90. The number of anilines is 1. The largest absolute Gasteiger partial charge is 0.377 e. The zero-order chi connectivity index (χ0) is 17.1. The van der Waals surface area contributed by atoms with E-state index in [2.05, 4.69) is 15.5 Å². The maximum Gasteiger partial charge on any atom is 0.250 e. The van der Waals surface area contributed by atoms with Gasteiger partial charge in [0, 0.05) is 23.3 Å². The van der Waals surface area contributed by atoms with Gasteiger partial charge in [-0.3, -0.25) is 4.79 Å². The Morgan fingerprint density at radius 3 is 2.67 bits per heavy atom. The number of rotatable bonds is 5. The fourth-order valence-electron chi connectivity index (χ4n) is 2.40. The zero-order valence-electron chi connectivity index (χ0n) is 13.0. The predicted octanol–water partition coefficient (Wildman–Crippen LogP) is 2.85. The van der Waals surface area contributed by atoms with Gasteiger partial charge < -0.3 is 15.6 Å². The number of primary amides is 1. The summed E-state index contributed by atoms with van der Waals surface area (Å²) < 4.78 is 1.90. The number of nitrogens with two attached hydrogens (primary N) is 1. The van der Waals surface area contributed by atoms with Gasteiger partial charge in [0.25, 0.3) is 5.91 Å². The Morgan fingerprint density at radius 2 is 1.96 bits per heavy atom. The van der Waals surface area contributed by atoms with Crippen molar-refractivity contribution in [3.05, 3.63) is 64.9 Å². The van der Waals surface area contributed by atoms with Gasteiger partial charge in [0.1, 0.15) is 0 Å². The minimum Gasteiger partial charge on any atom is -0.377 e. The minimum absolute atomic E-state index is 0.341. The monoisotopic (exact) mass is 341 g/mol. The first-order valence-corrected chi connectivity index (χ1v) is 7.71. The van der Waals surface area contributed by atoms with E-state index in [1.54, 1.807) is 12.1 Å². The molecule has 0 aliphatic heterocycles. The van der Waals surface area contributed by atoms with Crippen molar-refractivity contribution in [2.24, 2.45) is 12.8 Å². The molecule has 0 unspecified atom stereocenters. The highest BCUT2D eigenvalue weighted by Gasteiger charge is 2.12. The van der Waals surface area contributed by atoms with Crippen LogP contribution in [0.25, 0.3) is 11.4 Å². The van der Waals surface area contributed by atoms with E-state index in [0.29, 0.717) is 22.8 Å². The maximum atomic E-state index is 11.5. The lowest BCUT2D eigenvalue weighted by molar-refractivity contribution is 0.100. The molecule has 1 amide bonds. The number of amides is 1. The van der Waals surface area contributed by atoms with Gasteiger partial charge in [0.05, 0.1) is 12.1 Å². The number of carbonyl (C=O) groups is 1. The second-order valence-electron chi connectivity index (χ2n) is 5.27. The molecule has 0 saturated carbocycles. The van der Waals surface area contributed by atoms with Crippen LogP contribution in [-0.4, -0.2) is 20.7 Å². The van der Waals surface area contributed by atoms with Crippen molar-refractivity contribution in [1.82, 2.24) is 14.8 Å². The van der Waals surface area contributed by atoms with Gasteiger partial charge in [0.15, 0.2) is 11.6 Å². The minimum atomic E-state index is -0.539. The Kier molecular flexibility index (Phi) is 4.48. The second kappa shape index (κ2) is 6.72. The summed E-state index contributed by atoms with van der Waals surface area (Å²) in [6, 6.07) is 14.8. The van der Waals surface area contributed by atoms with Crippen LogP contribution >= 0.6 is 11.6 Å². The van der Waals surface area contributed by atoms with Crippen LogP contribution in [0.4, 0.5) is 5.69 Å². The van der Waals surface area contributed by atoms with Crippen LogP contribution in [0.1, 0.15) is 16.2 Å². The SMILES string of the molecule is Cn1c(CNc2ccc(Cl)cc2C(N)=O)nnc1-c1ccccc1. The highest BCUT2D eigenvalue weighted by molar-refractivity contribution is 6.31. The first-order chi connectivity index (χ1) is 11.6. The molecule has 3 rings (SSSR count). The summed E-state index contributed by atoms with van der Waals surface area (Å²) in [6.45, 7) is 0.401. The Hall–Kier alpha value is -2.86. The molecule has 0 spiro atoms. The first kappa shape index (κ1) is 16.0. The summed E-state index contributed by atoms with van der Waals surface area (Å²) in [6.07, 6.45) is 0. The zero-order valence-corrected chi connectivity index (χ0v) is 13.8. The van der Waals surface area contributed by atoms with E-state index in [-0.39, 0.29) is 0 Å². The smallest absolute Gasteiger partial charge is 0.250 e. The molecular formula is C17H16ClN5O. The van der Waals surface area contributed by atoms with E-state index in [4.69, 9.17) is 17.3 Å². The molecule has 0 radical (unpaired) electrons. The number of nitrogens with zero attached hydrogens (tertiary/aromatic N) is 3. The number of aromatic nitrogens is 3. The lowest BCUT2D eigenvalue weighted by atomic mass is 10.1. The fraction of sp³-hybridized carbons (Fsp3) is 0.118. The lowest BCUT2D eigenvalue weighted by Crippen LogP contribution is -2.15. The predicted molar refractivity (Wildman–Crippen MR) is 93.7 cm³/mol. The number of hydrogen-bond acceptors (Lipinski definition) is 4. The molecule has 3 N–H and O–H groups in total. The lowest BCUT2D eigenvalue weighted by Gasteiger charge is -2.10. The number of halogens is 1. The van der Waals surface area contributed by atoms with Crippen LogP contribution in [0.15, 0.2) is 48.5 Å². The average molecular weight is 342 g/mol. The van der Waals surface area contributed by atoms with Gasteiger partial charge in [-0.15, -0.1) is 10.2 Å². The second-order valence-corrected chi connectivity index (χ2v) is 5.71. The molecule has 122 valence electrons. The van der Waals surface area contributed by atoms with E-state index in [1.165, 1.54) is 6.07 Å². The topological polar surface area (TPSA) is 85.8 Å². The van der Waals surface area contributed by atoms with Crippen molar-refractivity contribution in [1.29, 1.82) is 0 Å². The molecule has 0 bridgehead atoms. The van der Waals surface area contributed by atoms with Crippen molar-refractivity contribution in [2.45, 2.75) is 6.54 Å². The van der Waals surface area contributed by atoms with Crippen molar-refractivity contribution in [3.63, 3.8) is 0 Å². The van der Waals surface area contributed by atoms with Gasteiger partial charge in [0.2, 0.25) is 0 Å². The van der Waals surface area contributed by atoms with Crippen LogP contribution in [0.3, 0.4) is 0 Å².